The van der Waals surface area contributed by atoms with E-state index in [1.807, 2.05) is 0 Å². The first kappa shape index (κ1) is 17.0. The summed E-state index contributed by atoms with van der Waals surface area (Å²) >= 11 is 1.77. The maximum Gasteiger partial charge on any atom is 0.261 e. The molecule has 2 aromatic heterocycles. The van der Waals surface area contributed by atoms with Gasteiger partial charge in [-0.25, -0.2) is 4.39 Å². The quantitative estimate of drug-likeness (QED) is 0.762. The van der Waals surface area contributed by atoms with E-state index in [1.54, 1.807) is 28.4 Å². The Balaban J connectivity index is 1.48. The molecule has 1 amide bonds. The van der Waals surface area contributed by atoms with E-state index in [0.717, 1.165) is 19.3 Å². The van der Waals surface area contributed by atoms with Crippen LogP contribution >= 0.6 is 11.3 Å². The molecule has 0 unspecified atom stereocenters. The van der Waals surface area contributed by atoms with Crippen molar-refractivity contribution in [2.45, 2.75) is 19.3 Å². The molecular weight excluding hydrogens is 351 g/mol. The first-order valence-electron chi connectivity index (χ1n) is 8.74. The Kier molecular flexibility index (Phi) is 4.59. The molecule has 3 heterocycles. The molecule has 4 rings (SSSR count). The fraction of sp³-hybridized carbons (Fsp3) is 0.300. The lowest BCUT2D eigenvalue weighted by Crippen LogP contribution is -2.40. The molecule has 1 saturated heterocycles. The number of hydrogen-bond donors (Lipinski definition) is 1. The number of H-pyrrole nitrogens is 1. The second-order valence-electron chi connectivity index (χ2n) is 6.76. The van der Waals surface area contributed by atoms with Crippen molar-refractivity contribution in [2.75, 3.05) is 13.1 Å². The lowest BCUT2D eigenvalue weighted by atomic mass is 9.92. The maximum atomic E-state index is 13.3. The molecule has 0 radical (unpaired) electrons. The molecule has 1 N–H and O–H groups in total. The Hall–Kier alpha value is -2.47. The highest BCUT2D eigenvalue weighted by Crippen LogP contribution is 2.24. The molecule has 134 valence electrons. The monoisotopic (exact) mass is 370 g/mol. The molecule has 3 aromatic rings. The summed E-state index contributed by atoms with van der Waals surface area (Å²) in [4.78, 5) is 30.8. The van der Waals surface area contributed by atoms with Crippen molar-refractivity contribution in [3.05, 3.63) is 68.4 Å². The Morgan fingerprint density at radius 2 is 2.04 bits per heavy atom. The highest BCUT2D eigenvalue weighted by Gasteiger charge is 2.25. The van der Waals surface area contributed by atoms with Crippen molar-refractivity contribution in [1.29, 1.82) is 0 Å². The fourth-order valence-electron chi connectivity index (χ4n) is 3.56. The van der Waals surface area contributed by atoms with Crippen LogP contribution in [-0.4, -0.2) is 28.9 Å². The molecule has 1 aromatic carbocycles. The van der Waals surface area contributed by atoms with E-state index >= 15 is 0 Å². The van der Waals surface area contributed by atoms with Crippen LogP contribution in [0.25, 0.3) is 10.9 Å². The minimum atomic E-state index is -0.464. The highest BCUT2D eigenvalue weighted by atomic mass is 32.1. The van der Waals surface area contributed by atoms with Gasteiger partial charge in [0.1, 0.15) is 11.4 Å². The van der Waals surface area contributed by atoms with Crippen molar-refractivity contribution >= 4 is 28.1 Å². The predicted molar refractivity (Wildman–Crippen MR) is 101 cm³/mol. The summed E-state index contributed by atoms with van der Waals surface area (Å²) in [5.74, 6) is -0.0809. The van der Waals surface area contributed by atoms with Gasteiger partial charge in [0.25, 0.3) is 11.5 Å². The van der Waals surface area contributed by atoms with Crippen LogP contribution in [0.3, 0.4) is 0 Å². The Morgan fingerprint density at radius 3 is 2.77 bits per heavy atom. The second kappa shape index (κ2) is 7.03. The number of piperidine rings is 1. The average molecular weight is 370 g/mol. The number of amides is 1. The predicted octanol–water partition coefficient (Wildman–Crippen LogP) is 3.82. The first-order chi connectivity index (χ1) is 12.6. The lowest BCUT2D eigenvalue weighted by Gasteiger charge is -2.31. The number of nitrogens with zero attached hydrogens (tertiary/aromatic N) is 1. The van der Waals surface area contributed by atoms with Gasteiger partial charge in [0.15, 0.2) is 0 Å². The van der Waals surface area contributed by atoms with E-state index in [0.29, 0.717) is 29.9 Å². The molecule has 0 atom stereocenters. The number of carbonyl (C=O) groups is 1. The van der Waals surface area contributed by atoms with Crippen LogP contribution in [-0.2, 0) is 6.42 Å². The Bertz CT molecular complexity index is 989. The average Bonchev–Trinajstić information content (AvgIpc) is 3.14. The summed E-state index contributed by atoms with van der Waals surface area (Å²) in [7, 11) is 0. The van der Waals surface area contributed by atoms with E-state index in [1.165, 1.54) is 17.0 Å². The standard InChI is InChI=1S/C20H19FN2O2S/c21-15-4-3-14-11-17(19(24)22-18(14)12-15)20(25)23-7-5-13(6-8-23)10-16-2-1-9-26-16/h1-4,9,11-13H,5-8,10H2,(H,22,24). The second-order valence-corrected chi connectivity index (χ2v) is 7.80. The number of halogens is 1. The molecule has 1 aliphatic heterocycles. The zero-order valence-corrected chi connectivity index (χ0v) is 15.0. The zero-order chi connectivity index (χ0) is 18.1. The van der Waals surface area contributed by atoms with Gasteiger partial charge < -0.3 is 9.88 Å². The van der Waals surface area contributed by atoms with E-state index < -0.39 is 11.4 Å². The maximum absolute atomic E-state index is 13.3. The number of likely N-dealkylation sites (tertiary alicyclic amines) is 1. The molecule has 6 heteroatoms. The third-order valence-corrected chi connectivity index (χ3v) is 5.91. The van der Waals surface area contributed by atoms with E-state index in [4.69, 9.17) is 0 Å². The van der Waals surface area contributed by atoms with Crippen LogP contribution in [0.1, 0.15) is 28.1 Å². The van der Waals surface area contributed by atoms with Crippen molar-refractivity contribution in [2.24, 2.45) is 5.92 Å². The smallest absolute Gasteiger partial charge is 0.261 e. The minimum absolute atomic E-state index is 0.126. The number of fused-ring (bicyclic) bond motifs is 1. The number of pyridine rings is 1. The van der Waals surface area contributed by atoms with E-state index in [9.17, 15) is 14.0 Å². The first-order valence-corrected chi connectivity index (χ1v) is 9.62. The molecule has 1 aliphatic rings. The summed E-state index contributed by atoms with van der Waals surface area (Å²) in [5, 5.41) is 2.74. The summed E-state index contributed by atoms with van der Waals surface area (Å²) in [5.41, 5.74) is 0.0656. The van der Waals surface area contributed by atoms with Crippen LogP contribution in [0.5, 0.6) is 0 Å². The molecule has 0 saturated carbocycles. The Labute approximate surface area is 154 Å². The molecule has 1 fully saturated rings. The van der Waals surface area contributed by atoms with Gasteiger partial charge in [-0.05, 0) is 66.3 Å². The summed E-state index contributed by atoms with van der Waals surface area (Å²) in [6.07, 6.45) is 2.95. The number of aromatic nitrogens is 1. The van der Waals surface area contributed by atoms with Crippen LogP contribution in [0.4, 0.5) is 4.39 Å². The van der Waals surface area contributed by atoms with Gasteiger partial charge in [0.05, 0.1) is 5.52 Å². The zero-order valence-electron chi connectivity index (χ0n) is 14.2. The summed E-state index contributed by atoms with van der Waals surface area (Å²) in [6, 6.07) is 9.94. The van der Waals surface area contributed by atoms with Gasteiger partial charge in [-0.2, -0.15) is 0 Å². The van der Waals surface area contributed by atoms with Gasteiger partial charge in [-0.1, -0.05) is 6.07 Å². The fourth-order valence-corrected chi connectivity index (χ4v) is 4.38. The number of nitrogens with one attached hydrogen (secondary N) is 1. The molecular formula is C20H19FN2O2S. The van der Waals surface area contributed by atoms with Crippen molar-refractivity contribution in [3.63, 3.8) is 0 Å². The summed E-state index contributed by atoms with van der Waals surface area (Å²) in [6.45, 7) is 1.32. The third kappa shape index (κ3) is 3.42. The number of aromatic amines is 1. The van der Waals surface area contributed by atoms with E-state index in [-0.39, 0.29) is 11.5 Å². The summed E-state index contributed by atoms with van der Waals surface area (Å²) < 4.78 is 13.3. The number of thiophene rings is 1. The lowest BCUT2D eigenvalue weighted by molar-refractivity contribution is 0.0689. The van der Waals surface area contributed by atoms with Gasteiger partial charge in [0, 0.05) is 18.0 Å². The molecule has 0 bridgehead atoms. The molecule has 0 aliphatic carbocycles. The van der Waals surface area contributed by atoms with Gasteiger partial charge in [0.2, 0.25) is 0 Å². The molecule has 26 heavy (non-hydrogen) atoms. The van der Waals surface area contributed by atoms with Gasteiger partial charge in [-0.3, -0.25) is 9.59 Å². The number of benzene rings is 1. The molecule has 0 spiro atoms. The van der Waals surface area contributed by atoms with Crippen molar-refractivity contribution in [3.8, 4) is 0 Å². The van der Waals surface area contributed by atoms with Crippen LogP contribution < -0.4 is 5.56 Å². The van der Waals surface area contributed by atoms with Crippen LogP contribution in [0.15, 0.2) is 46.6 Å². The van der Waals surface area contributed by atoms with Gasteiger partial charge >= 0.3 is 0 Å². The van der Waals surface area contributed by atoms with Crippen molar-refractivity contribution < 1.29 is 9.18 Å². The number of hydrogen-bond acceptors (Lipinski definition) is 3. The van der Waals surface area contributed by atoms with Crippen LogP contribution in [0.2, 0.25) is 0 Å². The highest BCUT2D eigenvalue weighted by molar-refractivity contribution is 7.09. The molecule has 4 nitrogen and oxygen atoms in total. The topological polar surface area (TPSA) is 53.2 Å². The largest absolute Gasteiger partial charge is 0.338 e. The van der Waals surface area contributed by atoms with Crippen molar-refractivity contribution in [1.82, 2.24) is 9.88 Å². The normalized spacial score (nSPS) is 15.5. The number of carbonyl (C=O) groups excluding carboxylic acids is 1. The van der Waals surface area contributed by atoms with Crippen LogP contribution in [0, 0.1) is 11.7 Å². The van der Waals surface area contributed by atoms with E-state index in [2.05, 4.69) is 22.5 Å². The van der Waals surface area contributed by atoms with Gasteiger partial charge in [-0.15, -0.1) is 11.3 Å². The third-order valence-electron chi connectivity index (χ3n) is 5.01. The number of rotatable bonds is 3. The SMILES string of the molecule is O=C(c1cc2ccc(F)cc2[nH]c1=O)N1CCC(Cc2cccs2)CC1. The minimum Gasteiger partial charge on any atom is -0.338 e. The Morgan fingerprint density at radius 1 is 1.23 bits per heavy atom.